The summed E-state index contributed by atoms with van der Waals surface area (Å²) in [7, 11) is 0. The number of carbonyl (C=O) groups excluding carboxylic acids is 4. The van der Waals surface area contributed by atoms with Gasteiger partial charge in [0.15, 0.2) is 0 Å². The Labute approximate surface area is 189 Å². The highest BCUT2D eigenvalue weighted by atomic mass is 16.2. The molecule has 3 aliphatic rings. The molecule has 0 radical (unpaired) electrons. The van der Waals surface area contributed by atoms with E-state index in [1.165, 1.54) is 6.92 Å². The van der Waals surface area contributed by atoms with Gasteiger partial charge in [-0.05, 0) is 42.4 Å². The molecule has 176 valence electrons. The van der Waals surface area contributed by atoms with Crippen LogP contribution in [0.5, 0.6) is 0 Å². The molecule has 0 aromatic carbocycles. The number of hydrogen-bond donors (Lipinski definition) is 3. The van der Waals surface area contributed by atoms with E-state index >= 15 is 0 Å². The molecule has 1 aliphatic carbocycles. The predicted octanol–water partition coefficient (Wildman–Crippen LogP) is 0.555. The molecule has 1 saturated carbocycles. The van der Waals surface area contributed by atoms with Gasteiger partial charge in [-0.1, -0.05) is 27.7 Å². The number of nitrogens with one attached hydrogen (secondary N) is 3. The summed E-state index contributed by atoms with van der Waals surface area (Å²) in [6.07, 6.45) is 1.39. The van der Waals surface area contributed by atoms with Crippen molar-refractivity contribution in [2.24, 2.45) is 29.1 Å². The molecule has 0 aromatic heterocycles. The second kappa shape index (κ2) is 9.08. The smallest absolute Gasteiger partial charge is 0.245 e. The fraction of sp³-hybridized carbons (Fsp3) is 0.783. The molecule has 6 atom stereocenters. The lowest BCUT2D eigenvalue weighted by molar-refractivity contribution is -0.143. The van der Waals surface area contributed by atoms with Gasteiger partial charge in [0.1, 0.15) is 18.1 Å². The van der Waals surface area contributed by atoms with E-state index in [0.717, 1.165) is 0 Å². The molecule has 2 saturated heterocycles. The molecule has 32 heavy (non-hydrogen) atoms. The summed E-state index contributed by atoms with van der Waals surface area (Å²) in [4.78, 5) is 51.9. The van der Waals surface area contributed by atoms with Gasteiger partial charge in [-0.3, -0.25) is 19.2 Å². The van der Waals surface area contributed by atoms with Crippen LogP contribution in [0.15, 0.2) is 0 Å². The van der Waals surface area contributed by atoms with Crippen molar-refractivity contribution in [1.82, 2.24) is 20.9 Å². The van der Waals surface area contributed by atoms with Gasteiger partial charge in [0.25, 0.3) is 0 Å². The standard InChI is InChI=1S/C23H35N5O4/c1-12(2)8-17(26-13(3)29)22(32)28-11-16-18(23(16,4)5)19(28)21(31)27-15(10-24)9-14-6-7-25-20(14)30/h12,14-19H,6-9,11H2,1-5H3,(H,25,30)(H,26,29)(H,27,31)/t14-,15-,16-,17-,18-,19-/m0/s1. The maximum atomic E-state index is 13.4. The van der Waals surface area contributed by atoms with Crippen LogP contribution < -0.4 is 16.0 Å². The van der Waals surface area contributed by atoms with E-state index in [2.05, 4.69) is 35.9 Å². The first-order chi connectivity index (χ1) is 15.0. The second-order valence-electron chi connectivity index (χ2n) is 10.5. The van der Waals surface area contributed by atoms with E-state index in [1.807, 2.05) is 13.8 Å². The second-order valence-corrected chi connectivity index (χ2v) is 10.5. The summed E-state index contributed by atoms with van der Waals surface area (Å²) in [6, 6.07) is -0.0600. The van der Waals surface area contributed by atoms with Crippen molar-refractivity contribution >= 4 is 23.6 Å². The molecule has 0 aromatic rings. The number of fused-ring (bicyclic) bond motifs is 1. The maximum absolute atomic E-state index is 13.4. The van der Waals surface area contributed by atoms with Crippen molar-refractivity contribution in [2.45, 2.75) is 72.0 Å². The van der Waals surface area contributed by atoms with Crippen molar-refractivity contribution in [2.75, 3.05) is 13.1 Å². The number of hydrogen-bond acceptors (Lipinski definition) is 5. The topological polar surface area (TPSA) is 131 Å². The van der Waals surface area contributed by atoms with Gasteiger partial charge in [-0.15, -0.1) is 0 Å². The molecule has 3 fully saturated rings. The monoisotopic (exact) mass is 445 g/mol. The van der Waals surface area contributed by atoms with Crippen LogP contribution >= 0.6 is 0 Å². The van der Waals surface area contributed by atoms with Crippen LogP contribution in [0.3, 0.4) is 0 Å². The fourth-order valence-electron chi connectivity index (χ4n) is 5.51. The molecule has 0 spiro atoms. The highest BCUT2D eigenvalue weighted by molar-refractivity contribution is 5.93. The van der Waals surface area contributed by atoms with Gasteiger partial charge in [0, 0.05) is 25.9 Å². The zero-order chi connectivity index (χ0) is 23.8. The van der Waals surface area contributed by atoms with Crippen LogP contribution in [0.2, 0.25) is 0 Å². The van der Waals surface area contributed by atoms with E-state index in [1.54, 1.807) is 4.90 Å². The molecule has 3 rings (SSSR count). The van der Waals surface area contributed by atoms with Crippen molar-refractivity contribution in [3.05, 3.63) is 0 Å². The molecule has 0 bridgehead atoms. The van der Waals surface area contributed by atoms with Gasteiger partial charge in [-0.2, -0.15) is 5.26 Å². The van der Waals surface area contributed by atoms with Crippen LogP contribution in [0.25, 0.3) is 0 Å². The SMILES string of the molecule is CC(=O)N[C@@H](CC(C)C)C(=O)N1C[C@H]2[C@@H]([C@H]1C(=O)N[C@H](C#N)C[C@@H]1CCNC1=O)C2(C)C. The first kappa shape index (κ1) is 24.0. The number of piperidine rings is 1. The van der Waals surface area contributed by atoms with Crippen molar-refractivity contribution < 1.29 is 19.2 Å². The molecule has 9 heteroatoms. The summed E-state index contributed by atoms with van der Waals surface area (Å²) in [5.41, 5.74) is -0.0617. The third-order valence-electron chi connectivity index (χ3n) is 7.30. The Bertz CT molecular complexity index is 833. The summed E-state index contributed by atoms with van der Waals surface area (Å²) in [5.74, 6) is -0.855. The Morgan fingerprint density at radius 1 is 1.28 bits per heavy atom. The quantitative estimate of drug-likeness (QED) is 0.502. The average molecular weight is 446 g/mol. The van der Waals surface area contributed by atoms with E-state index in [0.29, 0.717) is 25.9 Å². The number of carbonyl (C=O) groups is 4. The minimum absolute atomic E-state index is 0.0117. The number of amides is 4. The minimum atomic E-state index is -0.795. The zero-order valence-corrected chi connectivity index (χ0v) is 19.6. The lowest BCUT2D eigenvalue weighted by Crippen LogP contribution is -2.57. The van der Waals surface area contributed by atoms with Crippen LogP contribution in [0.4, 0.5) is 0 Å². The minimum Gasteiger partial charge on any atom is -0.356 e. The highest BCUT2D eigenvalue weighted by Crippen LogP contribution is 2.64. The number of rotatable bonds is 8. The summed E-state index contributed by atoms with van der Waals surface area (Å²) in [5, 5.41) is 17.9. The predicted molar refractivity (Wildman–Crippen MR) is 117 cm³/mol. The Balaban J connectivity index is 1.75. The van der Waals surface area contributed by atoms with Crippen LogP contribution in [-0.2, 0) is 19.2 Å². The number of nitrogens with zero attached hydrogens (tertiary/aromatic N) is 2. The summed E-state index contributed by atoms with van der Waals surface area (Å²) >= 11 is 0. The highest BCUT2D eigenvalue weighted by Gasteiger charge is 2.69. The molecule has 3 N–H and O–H groups in total. The number of likely N-dealkylation sites (tertiary alicyclic amines) is 1. The van der Waals surface area contributed by atoms with E-state index in [4.69, 9.17) is 0 Å². The molecule has 9 nitrogen and oxygen atoms in total. The van der Waals surface area contributed by atoms with Crippen LogP contribution in [0, 0.1) is 40.4 Å². The first-order valence-electron chi connectivity index (χ1n) is 11.5. The zero-order valence-electron chi connectivity index (χ0n) is 19.6. The lowest BCUT2D eigenvalue weighted by atomic mass is 9.96. The largest absolute Gasteiger partial charge is 0.356 e. The lowest BCUT2D eigenvalue weighted by Gasteiger charge is -2.34. The summed E-state index contributed by atoms with van der Waals surface area (Å²) < 4.78 is 0. The molecule has 0 unspecified atom stereocenters. The molecule has 2 aliphatic heterocycles. The van der Waals surface area contributed by atoms with Crippen molar-refractivity contribution in [1.29, 1.82) is 5.26 Å². The average Bonchev–Trinajstić information content (AvgIpc) is 3.07. The van der Waals surface area contributed by atoms with Crippen LogP contribution in [-0.4, -0.2) is 59.7 Å². The van der Waals surface area contributed by atoms with Crippen LogP contribution in [0.1, 0.15) is 53.9 Å². The Hall–Kier alpha value is -2.63. The third kappa shape index (κ3) is 4.74. The van der Waals surface area contributed by atoms with Gasteiger partial charge < -0.3 is 20.9 Å². The van der Waals surface area contributed by atoms with Crippen molar-refractivity contribution in [3.8, 4) is 6.07 Å². The van der Waals surface area contributed by atoms with Gasteiger partial charge in [0.2, 0.25) is 23.6 Å². The molecule has 4 amide bonds. The molecular weight excluding hydrogens is 410 g/mol. The first-order valence-corrected chi connectivity index (χ1v) is 11.5. The van der Waals surface area contributed by atoms with Gasteiger partial charge in [0.05, 0.1) is 6.07 Å². The van der Waals surface area contributed by atoms with Crippen molar-refractivity contribution in [3.63, 3.8) is 0 Å². The van der Waals surface area contributed by atoms with E-state index < -0.39 is 18.1 Å². The molecule has 2 heterocycles. The van der Waals surface area contributed by atoms with Gasteiger partial charge in [-0.25, -0.2) is 0 Å². The normalized spacial score (nSPS) is 29.5. The number of nitriles is 1. The summed E-state index contributed by atoms with van der Waals surface area (Å²) in [6.45, 7) is 10.6. The Morgan fingerprint density at radius 3 is 2.50 bits per heavy atom. The Morgan fingerprint density at radius 2 is 1.97 bits per heavy atom. The fourth-order valence-corrected chi connectivity index (χ4v) is 5.51. The maximum Gasteiger partial charge on any atom is 0.245 e. The van der Waals surface area contributed by atoms with E-state index in [9.17, 15) is 24.4 Å². The van der Waals surface area contributed by atoms with Gasteiger partial charge >= 0.3 is 0 Å². The van der Waals surface area contributed by atoms with E-state index in [-0.39, 0.29) is 59.1 Å². The third-order valence-corrected chi connectivity index (χ3v) is 7.30. The Kier molecular flexibility index (Phi) is 6.82. The molecular formula is C23H35N5O4.